The summed E-state index contributed by atoms with van der Waals surface area (Å²) in [6.45, 7) is 3.65. The highest BCUT2D eigenvalue weighted by atomic mass is 32.2. The lowest BCUT2D eigenvalue weighted by atomic mass is 10.1. The van der Waals surface area contributed by atoms with Gasteiger partial charge in [0, 0.05) is 16.6 Å². The molecule has 0 aliphatic heterocycles. The molecule has 94 valence electrons. The molecule has 5 heteroatoms. The lowest BCUT2D eigenvalue weighted by molar-refractivity contribution is 0.196. The van der Waals surface area contributed by atoms with E-state index in [0.717, 1.165) is 5.56 Å². The first kappa shape index (κ1) is 14.0. The van der Waals surface area contributed by atoms with Crippen molar-refractivity contribution in [2.24, 2.45) is 5.73 Å². The summed E-state index contributed by atoms with van der Waals surface area (Å²) in [6, 6.07) is 4.26. The quantitative estimate of drug-likeness (QED) is 0.558. The van der Waals surface area contributed by atoms with Crippen LogP contribution in [0.3, 0.4) is 0 Å². The fourth-order valence-electron chi connectivity index (χ4n) is 1.29. The molecule has 1 rings (SSSR count). The number of thioether (sulfide) groups is 1. The molecule has 0 aromatic heterocycles. The number of benzene rings is 1. The second-order valence-corrected chi connectivity index (χ2v) is 5.34. The molecule has 0 saturated heterocycles. The van der Waals surface area contributed by atoms with Crippen LogP contribution in [-0.2, 0) is 5.75 Å². The molecule has 0 spiro atoms. The van der Waals surface area contributed by atoms with Crippen LogP contribution in [0.2, 0.25) is 0 Å². The Balaban J connectivity index is 2.80. The maximum Gasteiger partial charge on any atom is 0.123 e. The monoisotopic (exact) mass is 256 g/mol. The van der Waals surface area contributed by atoms with E-state index in [1.54, 1.807) is 24.8 Å². The van der Waals surface area contributed by atoms with E-state index in [4.69, 9.17) is 11.1 Å². The van der Waals surface area contributed by atoms with Gasteiger partial charge in [0.05, 0.1) is 6.10 Å². The van der Waals surface area contributed by atoms with Gasteiger partial charge in [0.2, 0.25) is 0 Å². The Kier molecular flexibility index (Phi) is 4.96. The first-order chi connectivity index (χ1) is 7.91. The number of nitrogen functional groups attached to an aromatic ring is 1. The molecule has 0 aliphatic rings. The normalized spacial score (nSPS) is 14.4. The summed E-state index contributed by atoms with van der Waals surface area (Å²) in [4.78, 5) is 0. The van der Waals surface area contributed by atoms with Crippen molar-refractivity contribution in [3.63, 3.8) is 0 Å². The van der Waals surface area contributed by atoms with E-state index in [0.29, 0.717) is 11.3 Å². The number of amidine groups is 1. The number of nitrogens with two attached hydrogens (primary N) is 1. The van der Waals surface area contributed by atoms with Crippen LogP contribution in [0.5, 0.6) is 0 Å². The van der Waals surface area contributed by atoms with E-state index < -0.39 is 11.9 Å². The number of nitrogens with one attached hydrogen (secondary N) is 1. The zero-order chi connectivity index (χ0) is 13.0. The molecule has 0 bridgehead atoms. The fraction of sp³-hybridized carbons (Fsp3) is 0.417. The maximum atomic E-state index is 13.0. The Bertz CT molecular complexity index is 409. The lowest BCUT2D eigenvalue weighted by Crippen LogP contribution is -2.17. The van der Waals surface area contributed by atoms with Crippen molar-refractivity contribution >= 4 is 17.6 Å². The van der Waals surface area contributed by atoms with Gasteiger partial charge >= 0.3 is 0 Å². The molecule has 4 N–H and O–H groups in total. The summed E-state index contributed by atoms with van der Waals surface area (Å²) in [6.07, 6.45) is -0.402. The summed E-state index contributed by atoms with van der Waals surface area (Å²) in [5, 5.41) is 16.9. The molecule has 2 unspecified atom stereocenters. The van der Waals surface area contributed by atoms with Gasteiger partial charge in [0.1, 0.15) is 11.7 Å². The molecule has 0 aliphatic carbocycles. The van der Waals surface area contributed by atoms with Gasteiger partial charge in [-0.1, -0.05) is 13.0 Å². The highest BCUT2D eigenvalue weighted by Gasteiger charge is 2.12. The van der Waals surface area contributed by atoms with Crippen LogP contribution in [0.1, 0.15) is 25.0 Å². The first-order valence-electron chi connectivity index (χ1n) is 5.34. The van der Waals surface area contributed by atoms with Crippen molar-refractivity contribution in [1.82, 2.24) is 0 Å². The van der Waals surface area contributed by atoms with Crippen LogP contribution in [0, 0.1) is 11.2 Å². The number of halogens is 1. The Morgan fingerprint density at radius 1 is 1.53 bits per heavy atom. The topological polar surface area (TPSA) is 70.1 Å². The molecule has 1 aromatic carbocycles. The van der Waals surface area contributed by atoms with Gasteiger partial charge in [0.15, 0.2) is 0 Å². The van der Waals surface area contributed by atoms with E-state index in [9.17, 15) is 9.50 Å². The van der Waals surface area contributed by atoms with Crippen molar-refractivity contribution in [3.05, 3.63) is 35.1 Å². The Hall–Kier alpha value is -1.07. The predicted octanol–water partition coefficient (Wildman–Crippen LogP) is 2.11. The zero-order valence-electron chi connectivity index (χ0n) is 9.90. The van der Waals surface area contributed by atoms with E-state index in [1.165, 1.54) is 12.1 Å². The summed E-state index contributed by atoms with van der Waals surface area (Å²) in [5.41, 5.74) is 6.65. The molecule has 0 saturated carbocycles. The Labute approximate surface area is 105 Å². The molecule has 0 heterocycles. The summed E-state index contributed by atoms with van der Waals surface area (Å²) >= 11 is 1.55. The molecule has 0 amide bonds. The second kappa shape index (κ2) is 6.02. The number of aliphatic hydroxyl groups excluding tert-OH is 1. The Morgan fingerprint density at radius 2 is 2.18 bits per heavy atom. The van der Waals surface area contributed by atoms with Crippen molar-refractivity contribution in [2.45, 2.75) is 31.0 Å². The van der Waals surface area contributed by atoms with Gasteiger partial charge in [-0.2, -0.15) is 11.8 Å². The number of hydrogen-bond donors (Lipinski definition) is 3. The third-order valence-corrected chi connectivity index (χ3v) is 3.94. The highest BCUT2D eigenvalue weighted by molar-refractivity contribution is 7.99. The maximum absolute atomic E-state index is 13.0. The standard InChI is InChI=1S/C12H17FN2OS/c1-7(16)8(2)17-6-9-3-4-10(13)5-11(9)12(14)15/h3-5,7-8,16H,6H2,1-2H3,(H3,14,15). The van der Waals surface area contributed by atoms with Gasteiger partial charge < -0.3 is 10.8 Å². The predicted molar refractivity (Wildman–Crippen MR) is 69.9 cm³/mol. The highest BCUT2D eigenvalue weighted by Crippen LogP contribution is 2.22. The zero-order valence-corrected chi connectivity index (χ0v) is 10.7. The van der Waals surface area contributed by atoms with Crippen molar-refractivity contribution in [2.75, 3.05) is 0 Å². The van der Waals surface area contributed by atoms with Crippen LogP contribution in [0.4, 0.5) is 4.39 Å². The van der Waals surface area contributed by atoms with Crippen LogP contribution < -0.4 is 5.73 Å². The average molecular weight is 256 g/mol. The molecule has 0 radical (unpaired) electrons. The fourth-order valence-corrected chi connectivity index (χ4v) is 2.26. The molecule has 17 heavy (non-hydrogen) atoms. The van der Waals surface area contributed by atoms with Gasteiger partial charge in [-0.25, -0.2) is 4.39 Å². The van der Waals surface area contributed by atoms with Crippen molar-refractivity contribution in [3.8, 4) is 0 Å². The minimum absolute atomic E-state index is 0.0832. The summed E-state index contributed by atoms with van der Waals surface area (Å²) in [5.74, 6) is 0.0682. The minimum atomic E-state index is -0.402. The van der Waals surface area contributed by atoms with E-state index in [-0.39, 0.29) is 11.1 Å². The third kappa shape index (κ3) is 4.02. The molecule has 2 atom stereocenters. The van der Waals surface area contributed by atoms with Gasteiger partial charge in [0.25, 0.3) is 0 Å². The van der Waals surface area contributed by atoms with E-state index in [1.807, 2.05) is 6.92 Å². The SMILES string of the molecule is CC(O)C(C)SCc1ccc(F)cc1C(=N)N. The summed E-state index contributed by atoms with van der Waals surface area (Å²) < 4.78 is 13.0. The smallest absolute Gasteiger partial charge is 0.123 e. The lowest BCUT2D eigenvalue weighted by Gasteiger charge is -2.15. The molecular formula is C12H17FN2OS. The van der Waals surface area contributed by atoms with Crippen LogP contribution in [0.25, 0.3) is 0 Å². The minimum Gasteiger partial charge on any atom is -0.392 e. The van der Waals surface area contributed by atoms with E-state index in [2.05, 4.69) is 0 Å². The first-order valence-corrected chi connectivity index (χ1v) is 6.39. The second-order valence-electron chi connectivity index (χ2n) is 3.97. The molecular weight excluding hydrogens is 239 g/mol. The molecule has 1 aromatic rings. The van der Waals surface area contributed by atoms with E-state index >= 15 is 0 Å². The average Bonchev–Trinajstić information content (AvgIpc) is 2.26. The number of aliphatic hydroxyl groups is 1. The Morgan fingerprint density at radius 3 is 2.71 bits per heavy atom. The molecule has 3 nitrogen and oxygen atoms in total. The number of hydrogen-bond acceptors (Lipinski definition) is 3. The van der Waals surface area contributed by atoms with Crippen LogP contribution >= 0.6 is 11.8 Å². The van der Waals surface area contributed by atoms with Crippen LogP contribution in [0.15, 0.2) is 18.2 Å². The van der Waals surface area contributed by atoms with Gasteiger partial charge in [-0.15, -0.1) is 0 Å². The third-order valence-electron chi connectivity index (χ3n) is 2.54. The molecule has 0 fully saturated rings. The van der Waals surface area contributed by atoms with Crippen LogP contribution in [-0.4, -0.2) is 22.3 Å². The summed E-state index contributed by atoms with van der Waals surface area (Å²) in [7, 11) is 0. The number of rotatable bonds is 5. The van der Waals surface area contributed by atoms with Crippen molar-refractivity contribution < 1.29 is 9.50 Å². The van der Waals surface area contributed by atoms with Gasteiger partial charge in [-0.3, -0.25) is 5.41 Å². The van der Waals surface area contributed by atoms with Gasteiger partial charge in [-0.05, 0) is 24.6 Å². The van der Waals surface area contributed by atoms with Crippen molar-refractivity contribution in [1.29, 1.82) is 5.41 Å². The largest absolute Gasteiger partial charge is 0.392 e.